The molecule has 0 fully saturated rings. The fraction of sp³-hybridized carbons (Fsp3) is 0.0750. The number of fused-ring (bicyclic) bond motifs is 6. The molecular formula is C40H31NP2. The Kier molecular flexibility index (Phi) is 6.87. The van der Waals surface area contributed by atoms with Crippen LogP contribution in [0.15, 0.2) is 152 Å². The SMILES string of the molecule is CP(c1ccccc1)P(c1ccccc1)C1C=CC=C(c2c3ccc4ccccc4c3nc3c2ccc2ccccc23)C1. The van der Waals surface area contributed by atoms with E-state index in [0.717, 1.165) is 17.5 Å². The lowest BCUT2D eigenvalue weighted by Gasteiger charge is -2.34. The van der Waals surface area contributed by atoms with Crippen LogP contribution >= 0.6 is 15.2 Å². The molecule has 0 amide bonds. The number of hydrogen-bond acceptors (Lipinski definition) is 1. The highest BCUT2D eigenvalue weighted by molar-refractivity contribution is 8.35. The quantitative estimate of drug-likeness (QED) is 0.111. The molecule has 1 aromatic heterocycles. The van der Waals surface area contributed by atoms with Crippen LogP contribution in [0.25, 0.3) is 48.9 Å². The number of benzene rings is 6. The Bertz CT molecular complexity index is 2090. The number of pyridine rings is 1. The van der Waals surface area contributed by atoms with Crippen molar-refractivity contribution in [1.29, 1.82) is 0 Å². The van der Waals surface area contributed by atoms with Crippen LogP contribution in [0.2, 0.25) is 0 Å². The first-order valence-corrected chi connectivity index (χ1v) is 18.8. The summed E-state index contributed by atoms with van der Waals surface area (Å²) in [7, 11) is -0.818. The minimum absolute atomic E-state index is 0.368. The van der Waals surface area contributed by atoms with E-state index in [1.54, 1.807) is 0 Å². The van der Waals surface area contributed by atoms with E-state index in [-0.39, 0.29) is 7.61 Å². The van der Waals surface area contributed by atoms with Crippen molar-refractivity contribution >= 4 is 74.8 Å². The molecule has 43 heavy (non-hydrogen) atoms. The van der Waals surface area contributed by atoms with Gasteiger partial charge in [0.2, 0.25) is 0 Å². The molecule has 0 bridgehead atoms. The van der Waals surface area contributed by atoms with Crippen molar-refractivity contribution in [2.75, 3.05) is 6.66 Å². The van der Waals surface area contributed by atoms with Crippen LogP contribution in [0.1, 0.15) is 12.0 Å². The zero-order chi connectivity index (χ0) is 28.8. The number of aromatic nitrogens is 1. The molecule has 0 N–H and O–H groups in total. The van der Waals surface area contributed by atoms with Crippen molar-refractivity contribution in [3.05, 3.63) is 157 Å². The summed E-state index contributed by atoms with van der Waals surface area (Å²) in [6, 6.07) is 48.9. The zero-order valence-corrected chi connectivity index (χ0v) is 25.8. The van der Waals surface area contributed by atoms with Gasteiger partial charge in [-0.1, -0.05) is 152 Å². The molecule has 6 aromatic carbocycles. The first-order valence-electron chi connectivity index (χ1n) is 14.9. The Labute approximate surface area is 255 Å². The van der Waals surface area contributed by atoms with Gasteiger partial charge in [-0.3, -0.25) is 0 Å². The number of rotatable bonds is 5. The standard InChI is InChI=1S/C40H31NP2/c1-42(31-16-4-2-5-17-31)43(32-18-6-3-7-19-32)33-20-12-15-30(27-33)38-36-25-23-28-13-8-10-21-34(28)39(36)41-40-35-22-11-9-14-29(35)24-26-37(38)40/h2-26,33H,27H2,1H3. The summed E-state index contributed by atoms with van der Waals surface area (Å²) < 4.78 is 0. The van der Waals surface area contributed by atoms with Gasteiger partial charge in [0.05, 0.1) is 11.0 Å². The van der Waals surface area contributed by atoms with Gasteiger partial charge in [-0.2, -0.15) is 0 Å². The fourth-order valence-corrected chi connectivity index (χ4v) is 14.2. The molecule has 0 radical (unpaired) electrons. The van der Waals surface area contributed by atoms with Gasteiger partial charge < -0.3 is 0 Å². The van der Waals surface area contributed by atoms with Crippen LogP contribution < -0.4 is 10.6 Å². The third-order valence-corrected chi connectivity index (χ3v) is 16.4. The number of nitrogens with zero attached hydrogens (tertiary/aromatic N) is 1. The van der Waals surface area contributed by atoms with Crippen LogP contribution in [0.4, 0.5) is 0 Å². The molecule has 7 aromatic rings. The van der Waals surface area contributed by atoms with Crippen LogP contribution in [0, 0.1) is 0 Å². The summed E-state index contributed by atoms with van der Waals surface area (Å²) in [5.74, 6) is 0. The van der Waals surface area contributed by atoms with Crippen LogP contribution in [0.5, 0.6) is 0 Å². The van der Waals surface area contributed by atoms with E-state index in [2.05, 4.69) is 158 Å². The lowest BCUT2D eigenvalue weighted by atomic mass is 9.89. The largest absolute Gasteiger partial charge is 0.246 e. The van der Waals surface area contributed by atoms with Crippen LogP contribution in [0.3, 0.4) is 0 Å². The Balaban J connectivity index is 1.33. The number of hydrogen-bond donors (Lipinski definition) is 0. The molecule has 3 unspecified atom stereocenters. The van der Waals surface area contributed by atoms with E-state index in [0.29, 0.717) is 5.66 Å². The van der Waals surface area contributed by atoms with Gasteiger partial charge in [-0.15, -0.1) is 0 Å². The van der Waals surface area contributed by atoms with E-state index >= 15 is 0 Å². The van der Waals surface area contributed by atoms with Crippen molar-refractivity contribution < 1.29 is 0 Å². The van der Waals surface area contributed by atoms with E-state index in [4.69, 9.17) is 4.98 Å². The lowest BCUT2D eigenvalue weighted by Crippen LogP contribution is -2.16. The summed E-state index contributed by atoms with van der Waals surface area (Å²) in [6.45, 7) is 2.49. The van der Waals surface area contributed by atoms with Gasteiger partial charge in [0.1, 0.15) is 0 Å². The Morgan fingerprint density at radius 3 is 1.70 bits per heavy atom. The Morgan fingerprint density at radius 1 is 0.558 bits per heavy atom. The van der Waals surface area contributed by atoms with Gasteiger partial charge in [-0.25, -0.2) is 4.98 Å². The predicted octanol–water partition coefficient (Wildman–Crippen LogP) is 10.6. The van der Waals surface area contributed by atoms with Crippen molar-refractivity contribution in [3.8, 4) is 0 Å². The van der Waals surface area contributed by atoms with E-state index in [9.17, 15) is 0 Å². The molecule has 1 nitrogen and oxygen atoms in total. The second-order valence-corrected chi connectivity index (χ2v) is 17.8. The summed E-state index contributed by atoms with van der Waals surface area (Å²) in [4.78, 5) is 5.42. The lowest BCUT2D eigenvalue weighted by molar-refractivity contribution is 1.07. The summed E-state index contributed by atoms with van der Waals surface area (Å²) in [6.07, 6.45) is 8.20. The molecule has 8 rings (SSSR count). The van der Waals surface area contributed by atoms with E-state index in [1.165, 1.54) is 54.1 Å². The predicted molar refractivity (Wildman–Crippen MR) is 192 cm³/mol. The zero-order valence-electron chi connectivity index (χ0n) is 24.1. The summed E-state index contributed by atoms with van der Waals surface area (Å²) in [5, 5.41) is 10.4. The Morgan fingerprint density at radius 2 is 1.09 bits per heavy atom. The summed E-state index contributed by atoms with van der Waals surface area (Å²) >= 11 is 0. The molecule has 0 saturated heterocycles. The molecule has 1 aliphatic carbocycles. The molecular weight excluding hydrogens is 556 g/mol. The fourth-order valence-electron chi connectivity index (χ4n) is 6.71. The molecule has 1 heterocycles. The highest BCUT2D eigenvalue weighted by Crippen LogP contribution is 2.69. The molecule has 1 aliphatic rings. The average Bonchev–Trinajstić information content (AvgIpc) is 3.08. The van der Waals surface area contributed by atoms with Gasteiger partial charge in [-0.05, 0) is 60.8 Å². The third-order valence-electron chi connectivity index (χ3n) is 8.73. The highest BCUT2D eigenvalue weighted by atomic mass is 32.1. The van der Waals surface area contributed by atoms with Gasteiger partial charge in [0, 0.05) is 27.2 Å². The topological polar surface area (TPSA) is 12.9 Å². The molecule has 206 valence electrons. The summed E-state index contributed by atoms with van der Waals surface area (Å²) in [5.41, 5.74) is 5.39. The van der Waals surface area contributed by atoms with Gasteiger partial charge in [0.15, 0.2) is 0 Å². The molecule has 0 aliphatic heterocycles. The second-order valence-electron chi connectivity index (χ2n) is 11.2. The first kappa shape index (κ1) is 26.5. The van der Waals surface area contributed by atoms with E-state index in [1.807, 2.05) is 0 Å². The highest BCUT2D eigenvalue weighted by Gasteiger charge is 2.30. The number of allylic oxidation sites excluding steroid dienone is 4. The van der Waals surface area contributed by atoms with Crippen molar-refractivity contribution in [1.82, 2.24) is 4.98 Å². The molecule has 0 saturated carbocycles. The van der Waals surface area contributed by atoms with Crippen molar-refractivity contribution in [3.63, 3.8) is 0 Å². The van der Waals surface area contributed by atoms with Gasteiger partial charge >= 0.3 is 0 Å². The first-order chi connectivity index (χ1) is 21.3. The third kappa shape index (κ3) is 4.69. The monoisotopic (exact) mass is 587 g/mol. The van der Waals surface area contributed by atoms with Crippen molar-refractivity contribution in [2.24, 2.45) is 0 Å². The molecule has 3 atom stereocenters. The van der Waals surface area contributed by atoms with Crippen LogP contribution in [-0.2, 0) is 0 Å². The van der Waals surface area contributed by atoms with Gasteiger partial charge in [0.25, 0.3) is 0 Å². The maximum Gasteiger partial charge on any atom is 0.0794 e. The minimum Gasteiger partial charge on any atom is -0.246 e. The molecule has 0 spiro atoms. The minimum atomic E-state index is -0.450. The maximum absolute atomic E-state index is 5.42. The van der Waals surface area contributed by atoms with Crippen LogP contribution in [-0.4, -0.2) is 17.3 Å². The maximum atomic E-state index is 5.42. The molecule has 3 heteroatoms. The van der Waals surface area contributed by atoms with E-state index < -0.39 is 7.61 Å². The average molecular weight is 588 g/mol. The normalized spacial score (nSPS) is 16.5. The second kappa shape index (κ2) is 11.2. The van der Waals surface area contributed by atoms with Crippen molar-refractivity contribution in [2.45, 2.75) is 12.1 Å². The smallest absolute Gasteiger partial charge is 0.0794 e. The Hall–Kier alpha value is -4.15.